The smallest absolute Gasteiger partial charge is 0.294 e. The van der Waals surface area contributed by atoms with Crippen LogP contribution in [0.15, 0.2) is 29.3 Å². The van der Waals surface area contributed by atoms with Crippen LogP contribution in [0.5, 0.6) is 0 Å². The van der Waals surface area contributed by atoms with Gasteiger partial charge in [-0.3, -0.25) is 9.59 Å². The number of fused-ring (bicyclic) bond motifs is 1. The van der Waals surface area contributed by atoms with E-state index in [1.54, 1.807) is 18.0 Å². The van der Waals surface area contributed by atoms with Crippen LogP contribution < -0.4 is 5.32 Å². The van der Waals surface area contributed by atoms with Gasteiger partial charge in [0, 0.05) is 13.5 Å². The molecule has 0 N–H and O–H groups in total. The minimum Gasteiger partial charge on any atom is -0.337 e. The van der Waals surface area contributed by atoms with Gasteiger partial charge >= 0.3 is 0 Å². The molecule has 0 aliphatic carbocycles. The maximum absolute atomic E-state index is 12.0. The number of likely N-dealkylation sites (tertiary alicyclic amines) is 1. The number of rotatable bonds is 1. The van der Waals surface area contributed by atoms with Gasteiger partial charge in [-0.2, -0.15) is 0 Å². The topological polar surface area (TPSA) is 63.8 Å². The highest BCUT2D eigenvalue weighted by Crippen LogP contribution is 2.30. The van der Waals surface area contributed by atoms with Gasteiger partial charge in [-0.1, -0.05) is 12.1 Å². The number of amides is 2. The highest BCUT2D eigenvalue weighted by atomic mass is 16.2. The molecule has 0 saturated carbocycles. The van der Waals surface area contributed by atoms with Gasteiger partial charge in [0.15, 0.2) is 0 Å². The fraction of sp³-hybridized carbons (Fsp3) is 0.308. The van der Waals surface area contributed by atoms with Crippen molar-refractivity contribution in [3.63, 3.8) is 0 Å². The summed E-state index contributed by atoms with van der Waals surface area (Å²) >= 11 is 0. The minimum atomic E-state index is -0.333. The molecule has 1 aromatic rings. The zero-order valence-corrected chi connectivity index (χ0v) is 9.96. The van der Waals surface area contributed by atoms with Crippen LogP contribution in [-0.4, -0.2) is 35.5 Å². The van der Waals surface area contributed by atoms with Crippen molar-refractivity contribution in [3.8, 4) is 0 Å². The first-order valence-electron chi connectivity index (χ1n) is 5.86. The molecule has 0 spiro atoms. The van der Waals surface area contributed by atoms with E-state index in [9.17, 15) is 9.59 Å². The van der Waals surface area contributed by atoms with Crippen LogP contribution >= 0.6 is 0 Å². The Bertz CT molecular complexity index is 565. The lowest BCUT2D eigenvalue weighted by molar-refractivity contribution is -0.127. The summed E-state index contributed by atoms with van der Waals surface area (Å²) < 4.78 is 0. The maximum Gasteiger partial charge on any atom is 0.294 e. The number of carbonyl (C=O) groups excluding carboxylic acids is 2. The number of para-hydroxylation sites is 2. The molecule has 1 unspecified atom stereocenters. The molecule has 3 rings (SSSR count). The average molecular weight is 242 g/mol. The first-order valence-corrected chi connectivity index (χ1v) is 5.86. The van der Waals surface area contributed by atoms with Crippen molar-refractivity contribution >= 4 is 28.9 Å². The molecule has 5 nitrogen and oxygen atoms in total. The van der Waals surface area contributed by atoms with Gasteiger partial charge in [0.05, 0.1) is 17.4 Å². The number of hydrogen-bond acceptors (Lipinski definition) is 3. The summed E-state index contributed by atoms with van der Waals surface area (Å²) in [6.07, 6.45) is 1.10. The predicted octanol–water partition coefficient (Wildman–Crippen LogP) is 1.16. The maximum atomic E-state index is 12.0. The van der Waals surface area contributed by atoms with Gasteiger partial charge in [-0.25, -0.2) is 10.3 Å². The summed E-state index contributed by atoms with van der Waals surface area (Å²) in [5.41, 5.74) is 1.67. The number of aliphatic imine (C=N–C) groups is 1. The Morgan fingerprint density at radius 1 is 1.22 bits per heavy atom. The number of hydrogen-bond donors (Lipinski definition) is 0. The quantitative estimate of drug-likeness (QED) is 0.741. The standard InChI is InChI=1S/C13H12N3O2/c1-16-10(6-7-11(16)17)12-13(18)15-9-5-3-2-4-8(9)14-12/h2-5,10H,6-7H2,1H3. The molecule has 0 aromatic heterocycles. The Kier molecular flexibility index (Phi) is 2.40. The van der Waals surface area contributed by atoms with Gasteiger partial charge in [-0.05, 0) is 18.6 Å². The molecule has 1 saturated heterocycles. The molecule has 0 bridgehead atoms. The summed E-state index contributed by atoms with van der Waals surface area (Å²) in [4.78, 5) is 29.4. The van der Waals surface area contributed by atoms with E-state index in [1.807, 2.05) is 18.2 Å². The normalized spacial score (nSPS) is 22.6. The van der Waals surface area contributed by atoms with Crippen molar-refractivity contribution in [2.75, 3.05) is 7.05 Å². The van der Waals surface area contributed by atoms with E-state index in [4.69, 9.17) is 0 Å². The molecule has 91 valence electrons. The molecule has 2 amide bonds. The number of carbonyl (C=O) groups is 2. The molecular weight excluding hydrogens is 230 g/mol. The van der Waals surface area contributed by atoms with E-state index in [2.05, 4.69) is 10.3 Å². The molecular formula is C13H12N3O2. The van der Waals surface area contributed by atoms with Crippen molar-refractivity contribution in [2.24, 2.45) is 4.99 Å². The van der Waals surface area contributed by atoms with Crippen molar-refractivity contribution in [2.45, 2.75) is 18.9 Å². The minimum absolute atomic E-state index is 0.0503. The van der Waals surface area contributed by atoms with E-state index < -0.39 is 0 Å². The molecule has 1 fully saturated rings. The fourth-order valence-electron chi connectivity index (χ4n) is 2.34. The lowest BCUT2D eigenvalue weighted by Gasteiger charge is -2.23. The Morgan fingerprint density at radius 2 is 1.94 bits per heavy atom. The van der Waals surface area contributed by atoms with Crippen LogP contribution in [0.2, 0.25) is 0 Å². The third-order valence-electron chi connectivity index (χ3n) is 3.37. The van der Waals surface area contributed by atoms with Gasteiger partial charge in [0.1, 0.15) is 5.71 Å². The number of benzene rings is 1. The molecule has 1 atom stereocenters. The van der Waals surface area contributed by atoms with Crippen molar-refractivity contribution in [1.82, 2.24) is 10.2 Å². The summed E-state index contributed by atoms with van der Waals surface area (Å²) in [6.45, 7) is 0. The fourth-order valence-corrected chi connectivity index (χ4v) is 2.34. The summed E-state index contributed by atoms with van der Waals surface area (Å²) in [5, 5.41) is 4.02. The summed E-state index contributed by atoms with van der Waals surface area (Å²) in [7, 11) is 1.70. The van der Waals surface area contributed by atoms with Gasteiger partial charge < -0.3 is 4.90 Å². The van der Waals surface area contributed by atoms with Crippen LogP contribution in [0.4, 0.5) is 11.4 Å². The van der Waals surface area contributed by atoms with Gasteiger partial charge in [0.2, 0.25) is 5.91 Å². The Morgan fingerprint density at radius 3 is 2.61 bits per heavy atom. The number of nitrogens with zero attached hydrogens (tertiary/aromatic N) is 3. The average Bonchev–Trinajstić information content (AvgIpc) is 2.69. The van der Waals surface area contributed by atoms with Crippen LogP contribution in [0.3, 0.4) is 0 Å². The lowest BCUT2D eigenvalue weighted by Crippen LogP contribution is -2.42. The molecule has 5 heteroatoms. The molecule has 2 aliphatic rings. The Labute approximate surface area is 105 Å². The highest BCUT2D eigenvalue weighted by molar-refractivity contribution is 6.43. The summed E-state index contributed by atoms with van der Waals surface area (Å²) in [5.74, 6) is -0.283. The monoisotopic (exact) mass is 242 g/mol. The SMILES string of the molecule is CN1C(=O)CCC1C1=Nc2ccccc2[N]C1=O. The Hall–Kier alpha value is -2.17. The van der Waals surface area contributed by atoms with Gasteiger partial charge in [0.25, 0.3) is 5.91 Å². The first-order chi connectivity index (χ1) is 8.66. The third kappa shape index (κ3) is 1.59. The van der Waals surface area contributed by atoms with Crippen LogP contribution in [0, 0.1) is 0 Å². The zero-order valence-electron chi connectivity index (χ0n) is 9.96. The lowest BCUT2D eigenvalue weighted by atomic mass is 10.1. The van der Waals surface area contributed by atoms with Gasteiger partial charge in [-0.15, -0.1) is 0 Å². The summed E-state index contributed by atoms with van der Waals surface area (Å²) in [6, 6.07) is 7.02. The van der Waals surface area contributed by atoms with Crippen molar-refractivity contribution < 1.29 is 9.59 Å². The highest BCUT2D eigenvalue weighted by Gasteiger charge is 2.37. The first kappa shape index (κ1) is 11.0. The third-order valence-corrected chi connectivity index (χ3v) is 3.37. The Balaban J connectivity index is 2.00. The molecule has 18 heavy (non-hydrogen) atoms. The predicted molar refractivity (Wildman–Crippen MR) is 66.1 cm³/mol. The van der Waals surface area contributed by atoms with Crippen LogP contribution in [-0.2, 0) is 9.59 Å². The van der Waals surface area contributed by atoms with E-state index in [1.165, 1.54) is 0 Å². The second-order valence-corrected chi connectivity index (χ2v) is 4.46. The van der Waals surface area contributed by atoms with E-state index in [0.29, 0.717) is 29.9 Å². The van der Waals surface area contributed by atoms with Crippen molar-refractivity contribution in [3.05, 3.63) is 24.3 Å². The van der Waals surface area contributed by atoms with Crippen LogP contribution in [0.1, 0.15) is 12.8 Å². The molecule has 2 aliphatic heterocycles. The second-order valence-electron chi connectivity index (χ2n) is 4.46. The van der Waals surface area contributed by atoms with E-state index in [0.717, 1.165) is 0 Å². The van der Waals surface area contributed by atoms with E-state index in [-0.39, 0.29) is 17.9 Å². The second kappa shape index (κ2) is 3.94. The van der Waals surface area contributed by atoms with Crippen molar-refractivity contribution in [1.29, 1.82) is 0 Å². The molecule has 2 heterocycles. The molecule has 1 aromatic carbocycles. The largest absolute Gasteiger partial charge is 0.337 e. The van der Waals surface area contributed by atoms with E-state index >= 15 is 0 Å². The van der Waals surface area contributed by atoms with Crippen LogP contribution in [0.25, 0.3) is 0 Å². The molecule has 1 radical (unpaired) electrons. The zero-order chi connectivity index (χ0) is 12.7.